The molecule has 0 bridgehead atoms. The average Bonchev–Trinajstić information content (AvgIpc) is 3.31. The summed E-state index contributed by atoms with van der Waals surface area (Å²) in [6, 6.07) is 3.84. The highest BCUT2D eigenvalue weighted by atomic mass is 32.1. The van der Waals surface area contributed by atoms with E-state index < -0.39 is 0 Å². The van der Waals surface area contributed by atoms with Crippen LogP contribution in [0.2, 0.25) is 0 Å². The van der Waals surface area contributed by atoms with Gasteiger partial charge in [0.25, 0.3) is 0 Å². The first-order valence-electron chi connectivity index (χ1n) is 11.5. The molecule has 0 radical (unpaired) electrons. The van der Waals surface area contributed by atoms with Gasteiger partial charge in [-0.1, -0.05) is 26.2 Å². The van der Waals surface area contributed by atoms with E-state index >= 15 is 0 Å². The van der Waals surface area contributed by atoms with E-state index in [-0.39, 0.29) is 17.9 Å². The number of rotatable bonds is 14. The number of carbonyl (C=O) groups excluding carboxylic acids is 1. The second-order valence-electron chi connectivity index (χ2n) is 8.05. The summed E-state index contributed by atoms with van der Waals surface area (Å²) in [5.41, 5.74) is 1.07. The molecule has 0 spiro atoms. The molecule has 2 N–H and O–H groups in total. The number of hydrogen-bond donors (Lipinski definition) is 2. The summed E-state index contributed by atoms with van der Waals surface area (Å²) in [7, 11) is 4.81. The molecule has 2 atom stereocenters. The Morgan fingerprint density at radius 1 is 1.09 bits per heavy atom. The molecule has 1 saturated heterocycles. The van der Waals surface area contributed by atoms with Crippen molar-refractivity contribution >= 4 is 23.2 Å². The molecule has 7 nitrogen and oxygen atoms in total. The molecule has 1 fully saturated rings. The first-order valence-corrected chi connectivity index (χ1v) is 11.9. The Kier molecular flexibility index (Phi) is 11.6. The van der Waals surface area contributed by atoms with Crippen molar-refractivity contribution in [2.75, 3.05) is 41.0 Å². The van der Waals surface area contributed by atoms with Crippen molar-refractivity contribution in [2.45, 2.75) is 57.9 Å². The summed E-state index contributed by atoms with van der Waals surface area (Å²) in [5.74, 6) is 1.93. The fourth-order valence-corrected chi connectivity index (χ4v) is 4.11. The Morgan fingerprint density at radius 2 is 1.81 bits per heavy atom. The van der Waals surface area contributed by atoms with Crippen LogP contribution in [0.4, 0.5) is 0 Å². The number of carbonyl (C=O) groups is 1. The minimum Gasteiger partial charge on any atom is -0.493 e. The third-order valence-corrected chi connectivity index (χ3v) is 6.10. The molecule has 0 saturated carbocycles. The molecule has 0 aliphatic carbocycles. The Labute approximate surface area is 197 Å². The van der Waals surface area contributed by atoms with Crippen LogP contribution in [0.3, 0.4) is 0 Å². The molecule has 1 amide bonds. The molecule has 1 heterocycles. The summed E-state index contributed by atoms with van der Waals surface area (Å²) < 4.78 is 22.0. The SMILES string of the molecule is CCCCCCNC(=O)C1CN[C@H](C(=S)OCCCc2cc(OC)c(OC)c(OC)c2)C1. The van der Waals surface area contributed by atoms with E-state index in [0.717, 1.165) is 37.8 Å². The monoisotopic (exact) mass is 466 g/mol. The van der Waals surface area contributed by atoms with Gasteiger partial charge in [0.15, 0.2) is 16.5 Å². The Bertz CT molecular complexity index is 718. The lowest BCUT2D eigenvalue weighted by atomic mass is 10.0. The molecule has 1 aromatic rings. The first kappa shape index (κ1) is 26.2. The maximum absolute atomic E-state index is 12.3. The standard InChI is InChI=1S/C24H38N2O5S/c1-5-6-7-8-11-25-23(27)18-15-19(26-16-18)24(32)31-12-9-10-17-13-20(28-2)22(30-4)21(14-17)29-3/h13-14,18-19,26H,5-12,15-16H2,1-4H3,(H,25,27)/t18?,19-/m0/s1. The van der Waals surface area contributed by atoms with Gasteiger partial charge in [-0.25, -0.2) is 0 Å². The van der Waals surface area contributed by atoms with Crippen molar-refractivity contribution in [2.24, 2.45) is 5.92 Å². The average molecular weight is 467 g/mol. The van der Waals surface area contributed by atoms with E-state index in [0.29, 0.717) is 41.9 Å². The molecular formula is C24H38N2O5S. The van der Waals surface area contributed by atoms with Crippen LogP contribution in [0.1, 0.15) is 51.0 Å². The number of unbranched alkanes of at least 4 members (excludes halogenated alkanes) is 3. The zero-order valence-corrected chi connectivity index (χ0v) is 20.6. The number of thiocarbonyl (C=S) groups is 1. The van der Waals surface area contributed by atoms with Crippen LogP contribution < -0.4 is 24.8 Å². The topological polar surface area (TPSA) is 78.1 Å². The van der Waals surface area contributed by atoms with Crippen molar-refractivity contribution in [3.05, 3.63) is 17.7 Å². The molecule has 32 heavy (non-hydrogen) atoms. The summed E-state index contributed by atoms with van der Waals surface area (Å²) in [5, 5.41) is 6.91. The number of hydrogen-bond acceptors (Lipinski definition) is 7. The van der Waals surface area contributed by atoms with Gasteiger partial charge in [0, 0.05) is 13.1 Å². The number of nitrogens with one attached hydrogen (secondary N) is 2. The third kappa shape index (κ3) is 7.81. The zero-order valence-electron chi connectivity index (χ0n) is 19.8. The number of benzene rings is 1. The fraction of sp³-hybridized carbons (Fsp3) is 0.667. The van der Waals surface area contributed by atoms with E-state index in [1.165, 1.54) is 12.8 Å². The van der Waals surface area contributed by atoms with E-state index in [1.54, 1.807) is 21.3 Å². The number of methoxy groups -OCH3 is 3. The largest absolute Gasteiger partial charge is 0.493 e. The van der Waals surface area contributed by atoms with Gasteiger partial charge in [-0.15, -0.1) is 0 Å². The van der Waals surface area contributed by atoms with Gasteiger partial charge in [-0.3, -0.25) is 4.79 Å². The number of aryl methyl sites for hydroxylation is 1. The summed E-state index contributed by atoms with van der Waals surface area (Å²) in [6.07, 6.45) is 6.89. The Morgan fingerprint density at radius 3 is 2.44 bits per heavy atom. The molecule has 0 aromatic heterocycles. The lowest BCUT2D eigenvalue weighted by molar-refractivity contribution is -0.124. The van der Waals surface area contributed by atoms with Crippen LogP contribution in [0, 0.1) is 5.92 Å². The summed E-state index contributed by atoms with van der Waals surface area (Å²) in [6.45, 7) is 4.09. The van der Waals surface area contributed by atoms with Gasteiger partial charge in [-0.2, -0.15) is 0 Å². The van der Waals surface area contributed by atoms with Crippen molar-refractivity contribution in [1.29, 1.82) is 0 Å². The van der Waals surface area contributed by atoms with Gasteiger partial charge in [-0.05, 0) is 55.6 Å². The maximum Gasteiger partial charge on any atom is 0.224 e. The van der Waals surface area contributed by atoms with Gasteiger partial charge >= 0.3 is 0 Å². The minimum atomic E-state index is -0.0537. The number of amides is 1. The quantitative estimate of drug-likeness (QED) is 0.320. The van der Waals surface area contributed by atoms with Crippen LogP contribution in [0.5, 0.6) is 17.2 Å². The predicted octanol–water partition coefficient (Wildman–Crippen LogP) is 3.66. The Hall–Kier alpha value is -2.06. The number of ether oxygens (including phenoxy) is 4. The summed E-state index contributed by atoms with van der Waals surface area (Å²) in [4.78, 5) is 12.3. The highest BCUT2D eigenvalue weighted by Crippen LogP contribution is 2.38. The predicted molar refractivity (Wildman–Crippen MR) is 130 cm³/mol. The molecule has 1 aliphatic rings. The summed E-state index contributed by atoms with van der Waals surface area (Å²) >= 11 is 5.46. The van der Waals surface area contributed by atoms with Gasteiger partial charge in [0.1, 0.15) is 0 Å². The zero-order chi connectivity index (χ0) is 23.3. The highest BCUT2D eigenvalue weighted by molar-refractivity contribution is 7.80. The normalized spacial score (nSPS) is 17.6. The lowest BCUT2D eigenvalue weighted by Gasteiger charge is -2.15. The van der Waals surface area contributed by atoms with E-state index in [2.05, 4.69) is 17.6 Å². The van der Waals surface area contributed by atoms with Gasteiger partial charge in [0.05, 0.1) is 39.9 Å². The minimum absolute atomic E-state index is 0.0491. The van der Waals surface area contributed by atoms with Crippen molar-refractivity contribution < 1.29 is 23.7 Å². The van der Waals surface area contributed by atoms with Gasteiger partial charge < -0.3 is 29.6 Å². The molecule has 1 aromatic carbocycles. The lowest BCUT2D eigenvalue weighted by Crippen LogP contribution is -2.32. The van der Waals surface area contributed by atoms with Crippen LogP contribution in [0.15, 0.2) is 12.1 Å². The van der Waals surface area contributed by atoms with E-state index in [1.807, 2.05) is 12.1 Å². The van der Waals surface area contributed by atoms with Crippen LogP contribution in [-0.4, -0.2) is 58.0 Å². The van der Waals surface area contributed by atoms with Crippen molar-refractivity contribution in [3.8, 4) is 17.2 Å². The van der Waals surface area contributed by atoms with Crippen LogP contribution in [-0.2, 0) is 16.0 Å². The third-order valence-electron chi connectivity index (χ3n) is 5.69. The highest BCUT2D eigenvalue weighted by Gasteiger charge is 2.32. The van der Waals surface area contributed by atoms with Crippen molar-refractivity contribution in [1.82, 2.24) is 10.6 Å². The van der Waals surface area contributed by atoms with Crippen LogP contribution >= 0.6 is 12.2 Å². The molecule has 180 valence electrons. The molecule has 1 aliphatic heterocycles. The molecular weight excluding hydrogens is 428 g/mol. The maximum atomic E-state index is 12.3. The molecule has 2 rings (SSSR count). The first-order chi connectivity index (χ1) is 15.5. The van der Waals surface area contributed by atoms with E-state index in [4.69, 9.17) is 31.2 Å². The second-order valence-corrected chi connectivity index (χ2v) is 8.45. The Balaban J connectivity index is 1.71. The smallest absolute Gasteiger partial charge is 0.224 e. The molecule has 8 heteroatoms. The van der Waals surface area contributed by atoms with E-state index in [9.17, 15) is 4.79 Å². The fourth-order valence-electron chi connectivity index (χ4n) is 3.85. The second kappa shape index (κ2) is 14.2. The van der Waals surface area contributed by atoms with Gasteiger partial charge in [0.2, 0.25) is 11.7 Å². The van der Waals surface area contributed by atoms with Crippen LogP contribution in [0.25, 0.3) is 0 Å². The van der Waals surface area contributed by atoms with Crippen molar-refractivity contribution in [3.63, 3.8) is 0 Å². The molecule has 1 unspecified atom stereocenters.